The maximum Gasteiger partial charge on any atom is 0.258 e. The number of nitrogens with one attached hydrogen (secondary N) is 2. The summed E-state index contributed by atoms with van der Waals surface area (Å²) in [5.41, 5.74) is 6.31. The van der Waals surface area contributed by atoms with Crippen LogP contribution >= 0.6 is 0 Å². The minimum absolute atomic E-state index is 0.0588. The molecular weight excluding hydrogens is 304 g/mol. The molecule has 0 spiro atoms. The molecule has 0 saturated heterocycles. The zero-order valence-electron chi connectivity index (χ0n) is 13.8. The summed E-state index contributed by atoms with van der Waals surface area (Å²) in [6.07, 6.45) is 4.93. The molecule has 1 fully saturated rings. The van der Waals surface area contributed by atoms with E-state index >= 15 is 0 Å². The van der Waals surface area contributed by atoms with Gasteiger partial charge < -0.3 is 16.0 Å². The molecule has 3 rings (SSSR count). The van der Waals surface area contributed by atoms with E-state index < -0.39 is 0 Å². The first-order chi connectivity index (χ1) is 11.7. The lowest BCUT2D eigenvalue weighted by Crippen LogP contribution is -2.39. The maximum absolute atomic E-state index is 12.1. The van der Waals surface area contributed by atoms with E-state index in [9.17, 15) is 9.59 Å². The number of fused-ring (bicyclic) bond motifs is 1. The number of aromatic nitrogens is 2. The van der Waals surface area contributed by atoms with Gasteiger partial charge in [-0.15, -0.1) is 0 Å². The van der Waals surface area contributed by atoms with E-state index in [1.807, 2.05) is 18.2 Å². The number of H-pyrrole nitrogens is 1. The van der Waals surface area contributed by atoms with Crippen LogP contribution in [-0.2, 0) is 11.2 Å². The molecule has 1 aromatic carbocycles. The Morgan fingerprint density at radius 1 is 1.33 bits per heavy atom. The van der Waals surface area contributed by atoms with Gasteiger partial charge in [-0.05, 0) is 43.9 Å². The van der Waals surface area contributed by atoms with Gasteiger partial charge in [0.05, 0.1) is 10.9 Å². The average molecular weight is 328 g/mol. The molecule has 2 atom stereocenters. The predicted octanol–water partition coefficient (Wildman–Crippen LogP) is 1.49. The van der Waals surface area contributed by atoms with Crippen LogP contribution in [0.4, 0.5) is 0 Å². The number of para-hydroxylation sites is 1. The van der Waals surface area contributed by atoms with Crippen molar-refractivity contribution < 1.29 is 4.79 Å². The molecule has 24 heavy (non-hydrogen) atoms. The second-order valence-corrected chi connectivity index (χ2v) is 6.48. The number of benzene rings is 1. The highest BCUT2D eigenvalue weighted by Crippen LogP contribution is 2.24. The van der Waals surface area contributed by atoms with Crippen LogP contribution in [0.25, 0.3) is 10.9 Å². The number of rotatable bonds is 6. The number of hydrogen-bond donors (Lipinski definition) is 3. The Bertz CT molecular complexity index is 771. The fourth-order valence-corrected chi connectivity index (χ4v) is 3.46. The zero-order valence-corrected chi connectivity index (χ0v) is 13.8. The van der Waals surface area contributed by atoms with Gasteiger partial charge in [-0.1, -0.05) is 18.6 Å². The van der Waals surface area contributed by atoms with Crippen molar-refractivity contribution in [3.05, 3.63) is 40.4 Å². The van der Waals surface area contributed by atoms with Gasteiger partial charge in [0, 0.05) is 18.9 Å². The standard InChI is InChI=1S/C18H24N4O2/c19-11-12-5-3-8-14(12)21-17(23)10-4-9-16-20-15-7-2-1-6-13(15)18(24)22-16/h1-2,6-7,12,14H,3-5,8-11,19H2,(H,21,23)(H,20,22,24). The molecule has 2 unspecified atom stereocenters. The second kappa shape index (κ2) is 7.57. The zero-order chi connectivity index (χ0) is 16.9. The molecule has 1 heterocycles. The molecule has 6 heteroatoms. The number of aryl methyl sites for hydroxylation is 1. The molecule has 1 saturated carbocycles. The molecule has 128 valence electrons. The molecule has 2 aromatic rings. The van der Waals surface area contributed by atoms with E-state index in [2.05, 4.69) is 15.3 Å². The SMILES string of the molecule is NCC1CCCC1NC(=O)CCCc1nc2ccccc2c(=O)[nH]1. The Morgan fingerprint density at radius 3 is 3.00 bits per heavy atom. The lowest BCUT2D eigenvalue weighted by atomic mass is 10.0. The molecular formula is C18H24N4O2. The Morgan fingerprint density at radius 2 is 2.17 bits per heavy atom. The number of amides is 1. The number of aromatic amines is 1. The van der Waals surface area contributed by atoms with Crippen LogP contribution in [0.5, 0.6) is 0 Å². The fraction of sp³-hybridized carbons (Fsp3) is 0.500. The second-order valence-electron chi connectivity index (χ2n) is 6.48. The molecule has 1 aromatic heterocycles. The van der Waals surface area contributed by atoms with Crippen molar-refractivity contribution in [3.8, 4) is 0 Å². The van der Waals surface area contributed by atoms with Crippen molar-refractivity contribution in [2.75, 3.05) is 6.54 Å². The number of nitrogens with zero attached hydrogens (tertiary/aromatic N) is 1. The number of hydrogen-bond acceptors (Lipinski definition) is 4. The maximum atomic E-state index is 12.1. The highest BCUT2D eigenvalue weighted by atomic mass is 16.1. The van der Waals surface area contributed by atoms with Gasteiger partial charge in [0.1, 0.15) is 5.82 Å². The lowest BCUT2D eigenvalue weighted by Gasteiger charge is -2.19. The number of nitrogens with two attached hydrogens (primary N) is 1. The Labute approximate surface area is 140 Å². The van der Waals surface area contributed by atoms with Crippen LogP contribution in [0.1, 0.15) is 37.9 Å². The lowest BCUT2D eigenvalue weighted by molar-refractivity contribution is -0.122. The number of carbonyl (C=O) groups is 1. The Hall–Kier alpha value is -2.21. The van der Waals surface area contributed by atoms with Crippen molar-refractivity contribution >= 4 is 16.8 Å². The van der Waals surface area contributed by atoms with E-state index in [1.165, 1.54) is 0 Å². The van der Waals surface area contributed by atoms with Crippen LogP contribution < -0.4 is 16.6 Å². The molecule has 1 aliphatic rings. The third-order valence-corrected chi connectivity index (χ3v) is 4.79. The summed E-state index contributed by atoms with van der Waals surface area (Å²) in [6, 6.07) is 7.49. The van der Waals surface area contributed by atoms with Gasteiger partial charge in [0.25, 0.3) is 5.56 Å². The van der Waals surface area contributed by atoms with Gasteiger partial charge >= 0.3 is 0 Å². The van der Waals surface area contributed by atoms with Crippen molar-refractivity contribution in [3.63, 3.8) is 0 Å². The summed E-state index contributed by atoms with van der Waals surface area (Å²) < 4.78 is 0. The summed E-state index contributed by atoms with van der Waals surface area (Å²) in [4.78, 5) is 31.4. The summed E-state index contributed by atoms with van der Waals surface area (Å²) >= 11 is 0. The normalized spacial score (nSPS) is 20.4. The van der Waals surface area contributed by atoms with Gasteiger partial charge in [-0.3, -0.25) is 9.59 Å². The molecule has 1 amide bonds. The third kappa shape index (κ3) is 3.82. The van der Waals surface area contributed by atoms with Crippen LogP contribution in [-0.4, -0.2) is 28.5 Å². The first-order valence-electron chi connectivity index (χ1n) is 8.64. The summed E-state index contributed by atoms with van der Waals surface area (Å²) in [5, 5.41) is 3.69. The van der Waals surface area contributed by atoms with Crippen LogP contribution in [0.3, 0.4) is 0 Å². The monoisotopic (exact) mass is 328 g/mol. The smallest absolute Gasteiger partial charge is 0.258 e. The largest absolute Gasteiger partial charge is 0.353 e. The average Bonchev–Trinajstić information content (AvgIpc) is 3.02. The Kier molecular flexibility index (Phi) is 5.25. The van der Waals surface area contributed by atoms with Gasteiger partial charge in [0.15, 0.2) is 0 Å². The minimum atomic E-state index is -0.128. The van der Waals surface area contributed by atoms with Crippen LogP contribution in [0.2, 0.25) is 0 Å². The molecule has 0 aliphatic heterocycles. The van der Waals surface area contributed by atoms with E-state index in [0.717, 1.165) is 19.3 Å². The highest BCUT2D eigenvalue weighted by Gasteiger charge is 2.26. The fourth-order valence-electron chi connectivity index (χ4n) is 3.46. The van der Waals surface area contributed by atoms with Crippen molar-refractivity contribution in [1.29, 1.82) is 0 Å². The minimum Gasteiger partial charge on any atom is -0.353 e. The van der Waals surface area contributed by atoms with Gasteiger partial charge in [-0.2, -0.15) is 0 Å². The van der Waals surface area contributed by atoms with E-state index in [4.69, 9.17) is 5.73 Å². The highest BCUT2D eigenvalue weighted by molar-refractivity contribution is 5.77. The third-order valence-electron chi connectivity index (χ3n) is 4.79. The van der Waals surface area contributed by atoms with Crippen molar-refractivity contribution in [1.82, 2.24) is 15.3 Å². The van der Waals surface area contributed by atoms with Crippen LogP contribution in [0.15, 0.2) is 29.1 Å². The topological polar surface area (TPSA) is 101 Å². The summed E-state index contributed by atoms with van der Waals surface area (Å²) in [7, 11) is 0. The number of carbonyl (C=O) groups excluding carboxylic acids is 1. The first kappa shape index (κ1) is 16.6. The molecule has 1 aliphatic carbocycles. The molecule has 0 radical (unpaired) electrons. The van der Waals surface area contributed by atoms with Gasteiger partial charge in [0.2, 0.25) is 5.91 Å². The molecule has 4 N–H and O–H groups in total. The first-order valence-corrected chi connectivity index (χ1v) is 8.64. The quantitative estimate of drug-likeness (QED) is 0.748. The van der Waals surface area contributed by atoms with E-state index in [1.54, 1.807) is 6.07 Å². The van der Waals surface area contributed by atoms with Crippen molar-refractivity contribution in [2.24, 2.45) is 11.7 Å². The van der Waals surface area contributed by atoms with Crippen LogP contribution in [0, 0.1) is 5.92 Å². The van der Waals surface area contributed by atoms with E-state index in [-0.39, 0.29) is 17.5 Å². The summed E-state index contributed by atoms with van der Waals surface area (Å²) in [5.74, 6) is 1.10. The summed E-state index contributed by atoms with van der Waals surface area (Å²) in [6.45, 7) is 0.632. The molecule has 6 nitrogen and oxygen atoms in total. The van der Waals surface area contributed by atoms with E-state index in [0.29, 0.717) is 48.5 Å². The predicted molar refractivity (Wildman–Crippen MR) is 93.6 cm³/mol. The Balaban J connectivity index is 1.53. The molecule has 0 bridgehead atoms. The van der Waals surface area contributed by atoms with Crippen molar-refractivity contribution in [2.45, 2.75) is 44.6 Å². The van der Waals surface area contributed by atoms with Gasteiger partial charge in [-0.25, -0.2) is 4.98 Å².